The lowest BCUT2D eigenvalue weighted by atomic mass is 10.2. The molecular formula is C16H25N3O2. The van der Waals surface area contributed by atoms with Crippen LogP contribution in [0.3, 0.4) is 0 Å². The summed E-state index contributed by atoms with van der Waals surface area (Å²) in [6, 6.07) is 7.81. The molecule has 0 atom stereocenters. The molecule has 21 heavy (non-hydrogen) atoms. The van der Waals surface area contributed by atoms with Crippen molar-refractivity contribution >= 4 is 5.91 Å². The van der Waals surface area contributed by atoms with Crippen molar-refractivity contribution in [2.75, 3.05) is 27.2 Å². The molecule has 0 radical (unpaired) electrons. The van der Waals surface area contributed by atoms with E-state index >= 15 is 0 Å². The zero-order valence-corrected chi connectivity index (χ0v) is 12.9. The van der Waals surface area contributed by atoms with Gasteiger partial charge in [-0.2, -0.15) is 0 Å². The standard InChI is InChI=1S/C16H25N3O2/c1-19(2)10-3-11-21-14-6-4-13(5-7-14)12-18-15(20)16(17)8-9-16/h4-7H,3,8-12,17H2,1-2H3,(H,18,20). The van der Waals surface area contributed by atoms with Crippen molar-refractivity contribution in [2.45, 2.75) is 31.3 Å². The van der Waals surface area contributed by atoms with Crippen LogP contribution in [0.4, 0.5) is 0 Å². The van der Waals surface area contributed by atoms with Crippen LogP contribution in [0.15, 0.2) is 24.3 Å². The molecule has 1 aromatic rings. The van der Waals surface area contributed by atoms with Gasteiger partial charge < -0.3 is 20.7 Å². The summed E-state index contributed by atoms with van der Waals surface area (Å²) in [5, 5.41) is 2.88. The highest BCUT2D eigenvalue weighted by Crippen LogP contribution is 2.32. The Morgan fingerprint density at radius 3 is 2.57 bits per heavy atom. The smallest absolute Gasteiger partial charge is 0.240 e. The van der Waals surface area contributed by atoms with Crippen molar-refractivity contribution in [3.05, 3.63) is 29.8 Å². The molecule has 1 aliphatic carbocycles. The van der Waals surface area contributed by atoms with E-state index in [9.17, 15) is 4.79 Å². The Bertz CT molecular complexity index is 467. The maximum absolute atomic E-state index is 11.7. The monoisotopic (exact) mass is 291 g/mol. The third-order valence-corrected chi connectivity index (χ3v) is 3.64. The number of benzene rings is 1. The van der Waals surface area contributed by atoms with Gasteiger partial charge in [-0.3, -0.25) is 4.79 Å². The van der Waals surface area contributed by atoms with Crippen LogP contribution in [0.5, 0.6) is 5.75 Å². The van der Waals surface area contributed by atoms with Crippen LogP contribution < -0.4 is 15.8 Å². The van der Waals surface area contributed by atoms with Crippen molar-refractivity contribution in [1.82, 2.24) is 10.2 Å². The minimum absolute atomic E-state index is 0.0495. The van der Waals surface area contributed by atoms with Crippen LogP contribution in [0.1, 0.15) is 24.8 Å². The molecule has 0 bridgehead atoms. The van der Waals surface area contributed by atoms with E-state index in [-0.39, 0.29) is 5.91 Å². The number of nitrogens with one attached hydrogen (secondary N) is 1. The molecular weight excluding hydrogens is 266 g/mol. The first-order chi connectivity index (χ1) is 9.99. The Hall–Kier alpha value is -1.59. The largest absolute Gasteiger partial charge is 0.494 e. The number of carbonyl (C=O) groups is 1. The molecule has 3 N–H and O–H groups in total. The summed E-state index contributed by atoms with van der Waals surface area (Å²) < 4.78 is 5.67. The first-order valence-electron chi connectivity index (χ1n) is 7.43. The molecule has 1 aliphatic rings. The molecule has 5 heteroatoms. The molecule has 0 unspecified atom stereocenters. The molecule has 116 valence electrons. The Kier molecular flexibility index (Phi) is 5.20. The van der Waals surface area contributed by atoms with Gasteiger partial charge in [0.2, 0.25) is 5.91 Å². The second kappa shape index (κ2) is 6.91. The minimum atomic E-state index is -0.602. The van der Waals surface area contributed by atoms with Crippen molar-refractivity contribution in [3.63, 3.8) is 0 Å². The third-order valence-electron chi connectivity index (χ3n) is 3.64. The fourth-order valence-electron chi connectivity index (χ4n) is 1.99. The predicted molar refractivity (Wildman–Crippen MR) is 83.1 cm³/mol. The number of nitrogens with two attached hydrogens (primary N) is 1. The Morgan fingerprint density at radius 2 is 2.00 bits per heavy atom. The average Bonchev–Trinajstić information content (AvgIpc) is 3.21. The highest BCUT2D eigenvalue weighted by atomic mass is 16.5. The van der Waals surface area contributed by atoms with E-state index in [0.717, 1.165) is 37.1 Å². The van der Waals surface area contributed by atoms with Crippen LogP contribution in [0.2, 0.25) is 0 Å². The topological polar surface area (TPSA) is 67.6 Å². The van der Waals surface area contributed by atoms with Crippen molar-refractivity contribution in [1.29, 1.82) is 0 Å². The Morgan fingerprint density at radius 1 is 1.33 bits per heavy atom. The summed E-state index contributed by atoms with van der Waals surface area (Å²) in [7, 11) is 4.10. The molecule has 5 nitrogen and oxygen atoms in total. The molecule has 0 aliphatic heterocycles. The van der Waals surface area contributed by atoms with Gasteiger partial charge >= 0.3 is 0 Å². The number of nitrogens with zero attached hydrogens (tertiary/aromatic N) is 1. The second-order valence-corrected chi connectivity index (χ2v) is 5.99. The number of ether oxygens (including phenoxy) is 1. The number of hydrogen-bond donors (Lipinski definition) is 2. The summed E-state index contributed by atoms with van der Waals surface area (Å²) in [5.41, 5.74) is 6.28. The molecule has 1 amide bonds. The van der Waals surface area contributed by atoms with Gasteiger partial charge in [-0.15, -0.1) is 0 Å². The van der Waals surface area contributed by atoms with E-state index in [1.807, 2.05) is 24.3 Å². The fraction of sp³-hybridized carbons (Fsp3) is 0.562. The molecule has 0 heterocycles. The van der Waals surface area contributed by atoms with Crippen molar-refractivity contribution in [2.24, 2.45) is 5.73 Å². The second-order valence-electron chi connectivity index (χ2n) is 5.99. The third kappa shape index (κ3) is 5.02. The van der Waals surface area contributed by atoms with Crippen LogP contribution in [-0.4, -0.2) is 43.6 Å². The molecule has 1 aromatic carbocycles. The van der Waals surface area contributed by atoms with Gasteiger partial charge in [0.1, 0.15) is 5.75 Å². The number of rotatable bonds is 8. The van der Waals surface area contributed by atoms with Gasteiger partial charge in [-0.1, -0.05) is 12.1 Å². The lowest BCUT2D eigenvalue weighted by Gasteiger charge is -2.12. The van der Waals surface area contributed by atoms with Gasteiger partial charge in [-0.05, 0) is 51.1 Å². The van der Waals surface area contributed by atoms with Crippen molar-refractivity contribution in [3.8, 4) is 5.75 Å². The summed E-state index contributed by atoms with van der Waals surface area (Å²) in [4.78, 5) is 13.9. The maximum Gasteiger partial charge on any atom is 0.240 e. The van der Waals surface area contributed by atoms with Gasteiger partial charge in [-0.25, -0.2) is 0 Å². The first kappa shape index (κ1) is 15.8. The molecule has 2 rings (SSSR count). The predicted octanol–water partition coefficient (Wildman–Crippen LogP) is 1.12. The van der Waals surface area contributed by atoms with E-state index < -0.39 is 5.54 Å². The normalized spacial score (nSPS) is 15.8. The van der Waals surface area contributed by atoms with Crippen LogP contribution in [0, 0.1) is 0 Å². The van der Waals surface area contributed by atoms with E-state index in [2.05, 4.69) is 24.3 Å². The van der Waals surface area contributed by atoms with Crippen LogP contribution in [-0.2, 0) is 11.3 Å². The number of amides is 1. The van der Waals surface area contributed by atoms with Gasteiger partial charge in [0, 0.05) is 13.1 Å². The Labute approximate surface area is 126 Å². The summed E-state index contributed by atoms with van der Waals surface area (Å²) in [6.45, 7) is 2.24. The van der Waals surface area contributed by atoms with E-state index in [1.165, 1.54) is 0 Å². The summed E-state index contributed by atoms with van der Waals surface area (Å²) in [5.74, 6) is 0.813. The Balaban J connectivity index is 1.70. The summed E-state index contributed by atoms with van der Waals surface area (Å²) in [6.07, 6.45) is 2.58. The lowest BCUT2D eigenvalue weighted by Crippen LogP contribution is -2.42. The molecule has 0 saturated heterocycles. The van der Waals surface area contributed by atoms with Gasteiger partial charge in [0.15, 0.2) is 0 Å². The SMILES string of the molecule is CN(C)CCCOc1ccc(CNC(=O)C2(N)CC2)cc1. The zero-order valence-electron chi connectivity index (χ0n) is 12.9. The number of carbonyl (C=O) groups excluding carboxylic acids is 1. The van der Waals surface area contributed by atoms with E-state index in [0.29, 0.717) is 13.2 Å². The maximum atomic E-state index is 11.7. The first-order valence-corrected chi connectivity index (χ1v) is 7.43. The van der Waals surface area contributed by atoms with Gasteiger partial charge in [0.25, 0.3) is 0 Å². The zero-order chi connectivity index (χ0) is 15.3. The molecule has 1 fully saturated rings. The minimum Gasteiger partial charge on any atom is -0.494 e. The van der Waals surface area contributed by atoms with Crippen molar-refractivity contribution < 1.29 is 9.53 Å². The van der Waals surface area contributed by atoms with E-state index in [4.69, 9.17) is 10.5 Å². The van der Waals surface area contributed by atoms with Gasteiger partial charge in [0.05, 0.1) is 12.1 Å². The fourth-order valence-corrected chi connectivity index (χ4v) is 1.99. The molecule has 0 spiro atoms. The highest BCUT2D eigenvalue weighted by molar-refractivity contribution is 5.88. The molecule has 0 aromatic heterocycles. The molecule has 1 saturated carbocycles. The quantitative estimate of drug-likeness (QED) is 0.705. The number of hydrogen-bond acceptors (Lipinski definition) is 4. The average molecular weight is 291 g/mol. The van der Waals surface area contributed by atoms with Crippen LogP contribution in [0.25, 0.3) is 0 Å². The lowest BCUT2D eigenvalue weighted by molar-refractivity contribution is -0.123. The van der Waals surface area contributed by atoms with Crippen LogP contribution >= 0.6 is 0 Å². The highest BCUT2D eigenvalue weighted by Gasteiger charge is 2.45. The van der Waals surface area contributed by atoms with E-state index in [1.54, 1.807) is 0 Å². The summed E-state index contributed by atoms with van der Waals surface area (Å²) >= 11 is 0.